The molecule has 0 saturated carbocycles. The summed E-state index contributed by atoms with van der Waals surface area (Å²) in [5, 5.41) is 6.76. The topological polar surface area (TPSA) is 50.3 Å². The van der Waals surface area contributed by atoms with Gasteiger partial charge in [0, 0.05) is 0 Å². The average molecular weight is 290 g/mol. The van der Waals surface area contributed by atoms with Gasteiger partial charge in [-0.1, -0.05) is 0 Å². The van der Waals surface area contributed by atoms with Crippen LogP contribution in [0.1, 0.15) is 12.8 Å². The van der Waals surface area contributed by atoms with Crippen LogP contribution in [0.25, 0.3) is 10.2 Å². The van der Waals surface area contributed by atoms with Crippen molar-refractivity contribution in [3.05, 3.63) is 17.8 Å². The maximum atomic E-state index is 5.70. The highest BCUT2D eigenvalue weighted by Crippen LogP contribution is 2.27. The first-order valence-corrected chi connectivity index (χ1v) is 8.06. The molecule has 0 amide bonds. The van der Waals surface area contributed by atoms with E-state index >= 15 is 0 Å². The van der Waals surface area contributed by atoms with Gasteiger partial charge in [0.1, 0.15) is 17.0 Å². The van der Waals surface area contributed by atoms with Crippen LogP contribution in [0, 0.1) is 0 Å². The van der Waals surface area contributed by atoms with Crippen LogP contribution in [0.2, 0.25) is 0 Å². The minimum absolute atomic E-state index is 0.325. The number of ether oxygens (including phenoxy) is 1. The summed E-state index contributed by atoms with van der Waals surface area (Å²) in [4.78, 5) is 12.3. The highest BCUT2D eigenvalue weighted by molar-refractivity contribution is 7.16. The van der Waals surface area contributed by atoms with E-state index in [1.807, 2.05) is 0 Å². The van der Waals surface area contributed by atoms with Gasteiger partial charge in [0.05, 0.1) is 30.7 Å². The first-order chi connectivity index (χ1) is 9.92. The lowest BCUT2D eigenvalue weighted by atomic mass is 10.1. The van der Waals surface area contributed by atoms with Gasteiger partial charge in [-0.3, -0.25) is 4.90 Å². The number of anilines is 1. The highest BCUT2D eigenvalue weighted by atomic mass is 32.1. The molecule has 106 valence electrons. The molecule has 0 aromatic carbocycles. The first-order valence-electron chi connectivity index (χ1n) is 7.18. The van der Waals surface area contributed by atoms with Crippen LogP contribution in [0.4, 0.5) is 5.82 Å². The van der Waals surface area contributed by atoms with E-state index in [9.17, 15) is 0 Å². The van der Waals surface area contributed by atoms with Gasteiger partial charge < -0.3 is 10.1 Å². The van der Waals surface area contributed by atoms with E-state index in [0.29, 0.717) is 12.1 Å². The molecule has 0 radical (unpaired) electrons. The lowest BCUT2D eigenvalue weighted by Crippen LogP contribution is -2.45. The number of nitrogens with zero attached hydrogens (tertiary/aromatic N) is 3. The van der Waals surface area contributed by atoms with E-state index in [1.54, 1.807) is 17.7 Å². The standard InChI is InChI=1S/C14H18N4OS/c1-2-5-18(4-1)12-8-19-7-11(12)17-13-10-3-6-20-14(10)16-9-15-13/h3,6,9,11-12H,1-2,4-5,7-8H2,(H,15,16,17). The summed E-state index contributed by atoms with van der Waals surface area (Å²) in [7, 11) is 0. The van der Waals surface area contributed by atoms with E-state index < -0.39 is 0 Å². The summed E-state index contributed by atoms with van der Waals surface area (Å²) in [5.74, 6) is 0.941. The van der Waals surface area contributed by atoms with Crippen molar-refractivity contribution in [1.29, 1.82) is 0 Å². The minimum Gasteiger partial charge on any atom is -0.378 e. The molecule has 2 aromatic heterocycles. The Kier molecular flexibility index (Phi) is 3.29. The summed E-state index contributed by atoms with van der Waals surface area (Å²) in [6.07, 6.45) is 4.26. The van der Waals surface area contributed by atoms with Gasteiger partial charge in [0.2, 0.25) is 0 Å². The number of nitrogens with one attached hydrogen (secondary N) is 1. The molecule has 2 aliphatic heterocycles. The summed E-state index contributed by atoms with van der Waals surface area (Å²) in [6.45, 7) is 3.99. The maximum Gasteiger partial charge on any atom is 0.138 e. The molecular weight excluding hydrogens is 272 g/mol. The molecule has 2 saturated heterocycles. The van der Waals surface area contributed by atoms with E-state index in [1.165, 1.54) is 25.9 Å². The third-order valence-corrected chi connectivity index (χ3v) is 5.06. The van der Waals surface area contributed by atoms with Gasteiger partial charge in [0.25, 0.3) is 0 Å². The van der Waals surface area contributed by atoms with Gasteiger partial charge in [-0.2, -0.15) is 0 Å². The fourth-order valence-corrected chi connectivity index (χ4v) is 3.93. The minimum atomic E-state index is 0.325. The number of rotatable bonds is 3. The van der Waals surface area contributed by atoms with Crippen molar-refractivity contribution in [3.63, 3.8) is 0 Å². The van der Waals surface area contributed by atoms with Crippen molar-refractivity contribution >= 4 is 27.4 Å². The van der Waals surface area contributed by atoms with Crippen LogP contribution in [-0.2, 0) is 4.74 Å². The van der Waals surface area contributed by atoms with Gasteiger partial charge in [-0.05, 0) is 37.4 Å². The Bertz CT molecular complexity index is 596. The van der Waals surface area contributed by atoms with E-state index in [0.717, 1.165) is 29.2 Å². The van der Waals surface area contributed by atoms with Crippen molar-refractivity contribution in [1.82, 2.24) is 14.9 Å². The van der Waals surface area contributed by atoms with E-state index in [-0.39, 0.29) is 0 Å². The quantitative estimate of drug-likeness (QED) is 0.936. The number of fused-ring (bicyclic) bond motifs is 1. The zero-order chi connectivity index (χ0) is 13.4. The molecule has 2 aliphatic rings. The number of likely N-dealkylation sites (tertiary alicyclic amines) is 1. The smallest absolute Gasteiger partial charge is 0.138 e. The molecule has 5 nitrogen and oxygen atoms in total. The third kappa shape index (κ3) is 2.17. The zero-order valence-electron chi connectivity index (χ0n) is 11.3. The number of aromatic nitrogens is 2. The molecule has 2 fully saturated rings. The zero-order valence-corrected chi connectivity index (χ0v) is 12.1. The second-order valence-electron chi connectivity index (χ2n) is 5.46. The van der Waals surface area contributed by atoms with Crippen molar-refractivity contribution in [2.75, 3.05) is 31.6 Å². The number of hydrogen-bond acceptors (Lipinski definition) is 6. The Balaban J connectivity index is 1.56. The second-order valence-corrected chi connectivity index (χ2v) is 6.35. The predicted molar refractivity (Wildman–Crippen MR) is 80.2 cm³/mol. The maximum absolute atomic E-state index is 5.70. The van der Waals surface area contributed by atoms with Crippen molar-refractivity contribution in [3.8, 4) is 0 Å². The number of thiophene rings is 1. The molecule has 2 atom stereocenters. The first kappa shape index (κ1) is 12.5. The fourth-order valence-electron chi connectivity index (χ4n) is 3.19. The van der Waals surface area contributed by atoms with Crippen LogP contribution >= 0.6 is 11.3 Å². The Labute approximate surface area is 122 Å². The second kappa shape index (κ2) is 5.27. The molecular formula is C14H18N4OS. The summed E-state index contributed by atoms with van der Waals surface area (Å²) in [5.41, 5.74) is 0. The number of hydrogen-bond donors (Lipinski definition) is 1. The summed E-state index contributed by atoms with van der Waals surface area (Å²) in [6, 6.07) is 2.88. The van der Waals surface area contributed by atoms with Gasteiger partial charge >= 0.3 is 0 Å². The SMILES string of the molecule is c1nc(NC2COCC2N2CCCC2)c2ccsc2n1. The molecule has 20 heavy (non-hydrogen) atoms. The monoisotopic (exact) mass is 290 g/mol. The van der Waals surface area contributed by atoms with Crippen molar-refractivity contribution < 1.29 is 4.74 Å². The Morgan fingerprint density at radius 2 is 2.15 bits per heavy atom. The average Bonchev–Trinajstić information content (AvgIpc) is 3.20. The Hall–Kier alpha value is -1.24. The predicted octanol–water partition coefficient (Wildman–Crippen LogP) is 1.97. The van der Waals surface area contributed by atoms with Crippen LogP contribution in [0.3, 0.4) is 0 Å². The van der Waals surface area contributed by atoms with E-state index in [4.69, 9.17) is 4.74 Å². The fraction of sp³-hybridized carbons (Fsp3) is 0.571. The molecule has 0 aliphatic carbocycles. The van der Waals surface area contributed by atoms with E-state index in [2.05, 4.69) is 31.6 Å². The Morgan fingerprint density at radius 3 is 3.05 bits per heavy atom. The van der Waals surface area contributed by atoms with Crippen LogP contribution in [0.5, 0.6) is 0 Å². The van der Waals surface area contributed by atoms with Crippen molar-refractivity contribution in [2.45, 2.75) is 24.9 Å². The van der Waals surface area contributed by atoms with Gasteiger partial charge in [-0.15, -0.1) is 11.3 Å². The molecule has 2 unspecified atom stereocenters. The molecule has 1 N–H and O–H groups in total. The highest BCUT2D eigenvalue weighted by Gasteiger charge is 2.34. The van der Waals surface area contributed by atoms with Gasteiger partial charge in [-0.25, -0.2) is 9.97 Å². The molecule has 4 heterocycles. The molecule has 4 rings (SSSR count). The molecule has 0 spiro atoms. The van der Waals surface area contributed by atoms with Gasteiger partial charge in [0.15, 0.2) is 0 Å². The van der Waals surface area contributed by atoms with Crippen LogP contribution in [0.15, 0.2) is 17.8 Å². The lowest BCUT2D eigenvalue weighted by molar-refractivity contribution is 0.159. The normalized spacial score (nSPS) is 27.4. The molecule has 2 aromatic rings. The Morgan fingerprint density at radius 1 is 1.25 bits per heavy atom. The largest absolute Gasteiger partial charge is 0.378 e. The third-order valence-electron chi connectivity index (χ3n) is 4.24. The molecule has 6 heteroatoms. The van der Waals surface area contributed by atoms with Crippen LogP contribution in [-0.4, -0.2) is 53.3 Å². The molecule has 0 bridgehead atoms. The lowest BCUT2D eigenvalue weighted by Gasteiger charge is -2.28. The summed E-state index contributed by atoms with van der Waals surface area (Å²) < 4.78 is 5.70. The van der Waals surface area contributed by atoms with Crippen molar-refractivity contribution in [2.24, 2.45) is 0 Å². The van der Waals surface area contributed by atoms with Crippen LogP contribution < -0.4 is 5.32 Å². The summed E-state index contributed by atoms with van der Waals surface area (Å²) >= 11 is 1.65.